The van der Waals surface area contributed by atoms with Crippen LogP contribution in [0, 0.1) is 0 Å². The van der Waals surface area contributed by atoms with Gasteiger partial charge < -0.3 is 15.0 Å². The van der Waals surface area contributed by atoms with Crippen molar-refractivity contribution in [2.45, 2.75) is 31.5 Å². The molecule has 9 heteroatoms. The molecular formula is C26H33N5O3S. The number of amides is 2. The third-order valence-corrected chi connectivity index (χ3v) is 6.72. The molecule has 0 saturated carbocycles. The molecule has 0 atom stereocenters. The lowest BCUT2D eigenvalue weighted by Crippen LogP contribution is -2.53. The molecule has 1 fully saturated rings. The molecule has 0 radical (unpaired) electrons. The summed E-state index contributed by atoms with van der Waals surface area (Å²) >= 11 is 1.45. The summed E-state index contributed by atoms with van der Waals surface area (Å²) in [7, 11) is 1.65. The third kappa shape index (κ3) is 6.35. The number of hydrogen-bond acceptors (Lipinski definition) is 6. The van der Waals surface area contributed by atoms with Crippen LogP contribution >= 0.6 is 11.8 Å². The Balaban J connectivity index is 1.38. The standard InChI is InChI=1S/C26H33N5O3S/c1-26(2,3)28-23(32)17-29-13-15-30(16-14-29)24(33)18-35-25-27-21-7-5-6-8-22(21)31(25)19-9-11-20(34-4)12-10-19/h5-12H,13-18H2,1-4H3,(H,28,32). The lowest BCUT2D eigenvalue weighted by Gasteiger charge is -2.34. The van der Waals surface area contributed by atoms with Gasteiger partial charge in [-0.25, -0.2) is 4.98 Å². The number of para-hydroxylation sites is 2. The minimum absolute atomic E-state index is 0.0188. The van der Waals surface area contributed by atoms with E-state index in [2.05, 4.69) is 14.8 Å². The number of nitrogens with zero attached hydrogens (tertiary/aromatic N) is 4. The van der Waals surface area contributed by atoms with Crippen molar-refractivity contribution in [2.75, 3.05) is 45.6 Å². The normalized spacial score (nSPS) is 14.8. The third-order valence-electron chi connectivity index (χ3n) is 5.79. The van der Waals surface area contributed by atoms with Crippen LogP contribution in [-0.4, -0.2) is 82.3 Å². The Morgan fingerprint density at radius 2 is 1.71 bits per heavy atom. The van der Waals surface area contributed by atoms with Crippen LogP contribution in [0.25, 0.3) is 16.7 Å². The second-order valence-corrected chi connectivity index (χ2v) is 10.6. The second kappa shape index (κ2) is 10.7. The predicted octanol–water partition coefficient (Wildman–Crippen LogP) is 3.19. The molecule has 1 aromatic heterocycles. The largest absolute Gasteiger partial charge is 0.497 e. The van der Waals surface area contributed by atoms with Crippen molar-refractivity contribution < 1.29 is 14.3 Å². The van der Waals surface area contributed by atoms with E-state index >= 15 is 0 Å². The van der Waals surface area contributed by atoms with Crippen molar-refractivity contribution in [3.8, 4) is 11.4 Å². The van der Waals surface area contributed by atoms with Gasteiger partial charge in [0.15, 0.2) is 5.16 Å². The van der Waals surface area contributed by atoms with Crippen molar-refractivity contribution in [2.24, 2.45) is 0 Å². The van der Waals surface area contributed by atoms with E-state index in [1.165, 1.54) is 11.8 Å². The Bertz CT molecular complexity index is 1180. The number of nitrogens with one attached hydrogen (secondary N) is 1. The number of carbonyl (C=O) groups is 2. The average molecular weight is 496 g/mol. The highest BCUT2D eigenvalue weighted by Crippen LogP contribution is 2.29. The number of hydrogen-bond donors (Lipinski definition) is 1. The summed E-state index contributed by atoms with van der Waals surface area (Å²) in [6.07, 6.45) is 0. The first-order valence-electron chi connectivity index (χ1n) is 11.8. The first kappa shape index (κ1) is 25.1. The van der Waals surface area contributed by atoms with Crippen LogP contribution in [0.3, 0.4) is 0 Å². The number of methoxy groups -OCH3 is 1. The molecule has 1 aliphatic heterocycles. The van der Waals surface area contributed by atoms with Crippen LogP contribution in [0.5, 0.6) is 5.75 Å². The van der Waals surface area contributed by atoms with Crippen LogP contribution in [0.4, 0.5) is 0 Å². The van der Waals surface area contributed by atoms with Crippen molar-refractivity contribution in [3.05, 3.63) is 48.5 Å². The van der Waals surface area contributed by atoms with E-state index in [1.54, 1.807) is 7.11 Å². The van der Waals surface area contributed by atoms with Crippen LogP contribution in [0.1, 0.15) is 20.8 Å². The number of imidazole rings is 1. The molecule has 3 aromatic rings. The highest BCUT2D eigenvalue weighted by Gasteiger charge is 2.24. The maximum absolute atomic E-state index is 13.0. The Morgan fingerprint density at radius 3 is 2.37 bits per heavy atom. The van der Waals surface area contributed by atoms with E-state index in [0.29, 0.717) is 38.5 Å². The van der Waals surface area contributed by atoms with Crippen molar-refractivity contribution >= 4 is 34.6 Å². The zero-order valence-electron chi connectivity index (χ0n) is 20.8. The molecule has 1 aliphatic rings. The number of fused-ring (bicyclic) bond motifs is 1. The van der Waals surface area contributed by atoms with Crippen LogP contribution in [-0.2, 0) is 9.59 Å². The molecule has 1 N–H and O–H groups in total. The number of rotatable bonds is 7. The maximum atomic E-state index is 13.0. The Morgan fingerprint density at radius 1 is 1.03 bits per heavy atom. The van der Waals surface area contributed by atoms with Gasteiger partial charge in [-0.3, -0.25) is 19.1 Å². The lowest BCUT2D eigenvalue weighted by atomic mass is 10.1. The Kier molecular flexibility index (Phi) is 7.66. The number of benzene rings is 2. The molecule has 0 bridgehead atoms. The van der Waals surface area contributed by atoms with Crippen LogP contribution in [0.2, 0.25) is 0 Å². The minimum Gasteiger partial charge on any atom is -0.497 e. The number of piperazine rings is 1. The molecule has 2 aromatic carbocycles. The van der Waals surface area contributed by atoms with Gasteiger partial charge in [0.05, 0.1) is 30.4 Å². The minimum atomic E-state index is -0.242. The average Bonchev–Trinajstić information content (AvgIpc) is 3.20. The number of aromatic nitrogens is 2. The van der Waals surface area contributed by atoms with Gasteiger partial charge in [-0.1, -0.05) is 23.9 Å². The molecule has 186 valence electrons. The summed E-state index contributed by atoms with van der Waals surface area (Å²) in [6, 6.07) is 15.8. The van der Waals surface area contributed by atoms with Gasteiger partial charge in [0.1, 0.15) is 5.75 Å². The van der Waals surface area contributed by atoms with Crippen molar-refractivity contribution in [1.82, 2.24) is 24.7 Å². The van der Waals surface area contributed by atoms with Gasteiger partial charge in [0.25, 0.3) is 0 Å². The van der Waals surface area contributed by atoms with E-state index in [1.807, 2.05) is 74.2 Å². The van der Waals surface area contributed by atoms with E-state index in [0.717, 1.165) is 27.6 Å². The van der Waals surface area contributed by atoms with E-state index in [9.17, 15) is 9.59 Å². The molecule has 8 nitrogen and oxygen atoms in total. The zero-order valence-corrected chi connectivity index (χ0v) is 21.6. The molecule has 0 unspecified atom stereocenters. The molecule has 35 heavy (non-hydrogen) atoms. The number of thioether (sulfide) groups is 1. The molecule has 1 saturated heterocycles. The number of carbonyl (C=O) groups excluding carboxylic acids is 2. The monoisotopic (exact) mass is 495 g/mol. The van der Waals surface area contributed by atoms with E-state index in [4.69, 9.17) is 9.72 Å². The zero-order chi connectivity index (χ0) is 25.0. The summed E-state index contributed by atoms with van der Waals surface area (Å²) in [6.45, 7) is 8.91. The number of ether oxygens (including phenoxy) is 1. The van der Waals surface area contributed by atoms with Gasteiger partial charge in [0, 0.05) is 37.4 Å². The summed E-state index contributed by atoms with van der Waals surface area (Å²) in [4.78, 5) is 34.0. The first-order chi connectivity index (χ1) is 16.7. The van der Waals surface area contributed by atoms with Gasteiger partial charge >= 0.3 is 0 Å². The fraction of sp³-hybridized carbons (Fsp3) is 0.423. The summed E-state index contributed by atoms with van der Waals surface area (Å²) in [5, 5.41) is 3.77. The molecule has 0 aliphatic carbocycles. The first-order valence-corrected chi connectivity index (χ1v) is 12.8. The molecule has 4 rings (SSSR count). The molecular weight excluding hydrogens is 462 g/mol. The van der Waals surface area contributed by atoms with Gasteiger partial charge in [-0.2, -0.15) is 0 Å². The van der Waals surface area contributed by atoms with Gasteiger partial charge in [-0.05, 0) is 57.2 Å². The van der Waals surface area contributed by atoms with E-state index < -0.39 is 0 Å². The quantitative estimate of drug-likeness (QED) is 0.507. The molecule has 2 heterocycles. The SMILES string of the molecule is COc1ccc(-n2c(SCC(=O)N3CCN(CC(=O)NC(C)(C)C)CC3)nc3ccccc32)cc1. The second-order valence-electron chi connectivity index (χ2n) is 9.66. The summed E-state index contributed by atoms with van der Waals surface area (Å²) in [5.74, 6) is 1.20. The predicted molar refractivity (Wildman–Crippen MR) is 139 cm³/mol. The smallest absolute Gasteiger partial charge is 0.234 e. The van der Waals surface area contributed by atoms with Gasteiger partial charge in [-0.15, -0.1) is 0 Å². The maximum Gasteiger partial charge on any atom is 0.234 e. The highest BCUT2D eigenvalue weighted by atomic mass is 32.2. The topological polar surface area (TPSA) is 79.7 Å². The summed E-state index contributed by atoms with van der Waals surface area (Å²) in [5.41, 5.74) is 2.61. The summed E-state index contributed by atoms with van der Waals surface area (Å²) < 4.78 is 7.38. The van der Waals surface area contributed by atoms with Crippen LogP contribution in [0.15, 0.2) is 53.7 Å². The van der Waals surface area contributed by atoms with E-state index in [-0.39, 0.29) is 17.4 Å². The molecule has 0 spiro atoms. The Labute approximate surface area is 210 Å². The fourth-order valence-corrected chi connectivity index (χ4v) is 5.05. The Hall–Kier alpha value is -3.04. The van der Waals surface area contributed by atoms with Crippen molar-refractivity contribution in [3.63, 3.8) is 0 Å². The van der Waals surface area contributed by atoms with Gasteiger partial charge in [0.2, 0.25) is 11.8 Å². The van der Waals surface area contributed by atoms with Crippen molar-refractivity contribution in [1.29, 1.82) is 0 Å². The van der Waals surface area contributed by atoms with Crippen LogP contribution < -0.4 is 10.1 Å². The molecule has 2 amide bonds. The lowest BCUT2D eigenvalue weighted by molar-refractivity contribution is -0.130. The highest BCUT2D eigenvalue weighted by molar-refractivity contribution is 7.99. The fourth-order valence-electron chi connectivity index (χ4n) is 4.12.